The minimum atomic E-state index is -1.24. The van der Waals surface area contributed by atoms with Gasteiger partial charge in [-0.05, 0) is 43.3 Å². The van der Waals surface area contributed by atoms with E-state index in [0.29, 0.717) is 5.56 Å². The lowest BCUT2D eigenvalue weighted by Gasteiger charge is -2.22. The molecule has 0 radical (unpaired) electrons. The summed E-state index contributed by atoms with van der Waals surface area (Å²) >= 11 is 9.21. The van der Waals surface area contributed by atoms with Gasteiger partial charge in [0.25, 0.3) is 5.91 Å². The lowest BCUT2D eigenvalue weighted by atomic mass is 10.0. The molecule has 2 aromatic carbocycles. The van der Waals surface area contributed by atoms with Gasteiger partial charge in [0.05, 0.1) is 6.04 Å². The van der Waals surface area contributed by atoms with Gasteiger partial charge in [-0.25, -0.2) is 4.39 Å². The summed E-state index contributed by atoms with van der Waals surface area (Å²) in [5.74, 6) is -0.962. The number of carbonyl (C=O) groups is 1. The fourth-order valence-corrected chi connectivity index (χ4v) is 2.55. The van der Waals surface area contributed by atoms with E-state index in [1.54, 1.807) is 31.2 Å². The second-order valence-electron chi connectivity index (χ2n) is 4.85. The van der Waals surface area contributed by atoms with E-state index in [1.807, 2.05) is 0 Å². The molecule has 0 saturated heterocycles. The maximum Gasteiger partial charge on any atom is 0.251 e. The van der Waals surface area contributed by atoms with Crippen LogP contribution in [-0.4, -0.2) is 17.1 Å². The third-order valence-corrected chi connectivity index (χ3v) is 4.09. The predicted octanol–water partition coefficient (Wildman–Crippen LogP) is 4.09. The molecule has 2 N–H and O–H groups in total. The Morgan fingerprint density at radius 3 is 2.50 bits per heavy atom. The number of halogens is 3. The van der Waals surface area contributed by atoms with Crippen molar-refractivity contribution < 1.29 is 14.3 Å². The Bertz CT molecular complexity index is 658. The molecular formula is C16H14BrClFNO2. The molecule has 0 unspecified atom stereocenters. The summed E-state index contributed by atoms with van der Waals surface area (Å²) in [6.45, 7) is 1.59. The number of aliphatic hydroxyl groups excluding tert-OH is 1. The number of carbonyl (C=O) groups excluding carboxylic acids is 1. The molecule has 2 aromatic rings. The molecule has 0 fully saturated rings. The Morgan fingerprint density at radius 1 is 1.27 bits per heavy atom. The number of rotatable bonds is 4. The van der Waals surface area contributed by atoms with Gasteiger partial charge in [-0.3, -0.25) is 4.79 Å². The lowest BCUT2D eigenvalue weighted by Crippen LogP contribution is -2.37. The Balaban J connectivity index is 2.13. The van der Waals surface area contributed by atoms with Crippen molar-refractivity contribution in [1.82, 2.24) is 5.32 Å². The second kappa shape index (κ2) is 7.22. The molecule has 0 bridgehead atoms. The highest BCUT2D eigenvalue weighted by molar-refractivity contribution is 9.10. The lowest BCUT2D eigenvalue weighted by molar-refractivity contribution is 0.0846. The third-order valence-electron chi connectivity index (χ3n) is 3.23. The van der Waals surface area contributed by atoms with Crippen molar-refractivity contribution >= 4 is 33.4 Å². The van der Waals surface area contributed by atoms with Gasteiger partial charge in [-0.2, -0.15) is 0 Å². The zero-order valence-electron chi connectivity index (χ0n) is 11.7. The summed E-state index contributed by atoms with van der Waals surface area (Å²) in [4.78, 5) is 12.1. The fourth-order valence-electron chi connectivity index (χ4n) is 2.01. The number of amides is 1. The van der Waals surface area contributed by atoms with Gasteiger partial charge >= 0.3 is 0 Å². The van der Waals surface area contributed by atoms with Gasteiger partial charge in [0, 0.05) is 20.6 Å². The number of nitrogens with one attached hydrogen (secondary N) is 1. The minimum absolute atomic E-state index is 0.0206. The van der Waals surface area contributed by atoms with Crippen molar-refractivity contribution in [3.63, 3.8) is 0 Å². The number of hydrogen-bond acceptors (Lipinski definition) is 2. The topological polar surface area (TPSA) is 49.3 Å². The molecule has 22 heavy (non-hydrogen) atoms. The van der Waals surface area contributed by atoms with E-state index < -0.39 is 18.0 Å². The highest BCUT2D eigenvalue weighted by atomic mass is 79.9. The summed E-state index contributed by atoms with van der Waals surface area (Å²) < 4.78 is 14.7. The Morgan fingerprint density at radius 2 is 1.91 bits per heavy atom. The molecule has 3 nitrogen and oxygen atoms in total. The van der Waals surface area contributed by atoms with Crippen LogP contribution in [0.25, 0.3) is 0 Å². The van der Waals surface area contributed by atoms with E-state index in [9.17, 15) is 14.3 Å². The summed E-state index contributed by atoms with van der Waals surface area (Å²) in [5.41, 5.74) is 0.426. The molecule has 6 heteroatoms. The maximum absolute atomic E-state index is 13.8. The van der Waals surface area contributed by atoms with Crippen molar-refractivity contribution in [2.45, 2.75) is 19.1 Å². The van der Waals surface area contributed by atoms with Crippen molar-refractivity contribution in [1.29, 1.82) is 0 Å². The quantitative estimate of drug-likeness (QED) is 0.831. The van der Waals surface area contributed by atoms with Crippen LogP contribution in [0.5, 0.6) is 0 Å². The summed E-state index contributed by atoms with van der Waals surface area (Å²) in [6, 6.07) is 10.2. The van der Waals surface area contributed by atoms with Gasteiger partial charge < -0.3 is 10.4 Å². The first kappa shape index (κ1) is 16.9. The molecule has 2 atom stereocenters. The van der Waals surface area contributed by atoms with Crippen LogP contribution in [0.4, 0.5) is 4.39 Å². The first-order chi connectivity index (χ1) is 10.4. The normalized spacial score (nSPS) is 13.5. The monoisotopic (exact) mass is 385 g/mol. The molecule has 0 aromatic heterocycles. The summed E-state index contributed by atoms with van der Waals surface area (Å²) in [5, 5.41) is 13.0. The van der Waals surface area contributed by atoms with Crippen molar-refractivity contribution in [3.05, 3.63) is 68.9 Å². The molecule has 116 valence electrons. The van der Waals surface area contributed by atoms with E-state index in [0.717, 1.165) is 4.47 Å². The smallest absolute Gasteiger partial charge is 0.251 e. The third kappa shape index (κ3) is 3.85. The maximum atomic E-state index is 13.8. The van der Waals surface area contributed by atoms with Gasteiger partial charge in [0.1, 0.15) is 11.9 Å². The van der Waals surface area contributed by atoms with Crippen molar-refractivity contribution in [3.8, 4) is 0 Å². The van der Waals surface area contributed by atoms with Crippen LogP contribution in [0.1, 0.15) is 28.9 Å². The van der Waals surface area contributed by atoms with Crippen LogP contribution in [0.3, 0.4) is 0 Å². The SMILES string of the molecule is C[C@H](NC(=O)c1ccc(Br)cc1)[C@H](O)c1c(F)cccc1Cl. The van der Waals surface area contributed by atoms with E-state index in [1.165, 1.54) is 18.2 Å². The molecule has 0 aliphatic rings. The second-order valence-corrected chi connectivity index (χ2v) is 6.17. The van der Waals surface area contributed by atoms with Gasteiger partial charge in [0.15, 0.2) is 0 Å². The first-order valence-electron chi connectivity index (χ1n) is 6.58. The summed E-state index contributed by atoms with van der Waals surface area (Å²) in [7, 11) is 0. The predicted molar refractivity (Wildman–Crippen MR) is 87.4 cm³/mol. The van der Waals surface area contributed by atoms with Gasteiger partial charge in [-0.1, -0.05) is 33.6 Å². The average Bonchev–Trinajstić information content (AvgIpc) is 2.47. The zero-order chi connectivity index (χ0) is 16.3. The molecule has 0 aliphatic heterocycles. The number of hydrogen-bond donors (Lipinski definition) is 2. The molecule has 0 heterocycles. The molecule has 0 spiro atoms. The zero-order valence-corrected chi connectivity index (χ0v) is 14.0. The fraction of sp³-hybridized carbons (Fsp3) is 0.188. The standard InChI is InChI=1S/C16H14BrClFNO2/c1-9(15(21)14-12(18)3-2-4-13(14)19)20-16(22)10-5-7-11(17)8-6-10/h2-9,15,21H,1H3,(H,20,22)/t9-,15-/m0/s1. The van der Waals surface area contributed by atoms with Gasteiger partial charge in [-0.15, -0.1) is 0 Å². The van der Waals surface area contributed by atoms with Crippen LogP contribution in [-0.2, 0) is 0 Å². The van der Waals surface area contributed by atoms with Crippen LogP contribution in [0.15, 0.2) is 46.9 Å². The molecular weight excluding hydrogens is 373 g/mol. The van der Waals surface area contributed by atoms with Crippen molar-refractivity contribution in [2.75, 3.05) is 0 Å². The average molecular weight is 387 g/mol. The Labute approximate surface area is 141 Å². The largest absolute Gasteiger partial charge is 0.386 e. The van der Waals surface area contributed by atoms with Crippen LogP contribution < -0.4 is 5.32 Å². The number of benzene rings is 2. The van der Waals surface area contributed by atoms with Crippen molar-refractivity contribution in [2.24, 2.45) is 0 Å². The molecule has 0 saturated carbocycles. The van der Waals surface area contributed by atoms with Crippen LogP contribution in [0.2, 0.25) is 5.02 Å². The molecule has 0 aliphatic carbocycles. The minimum Gasteiger partial charge on any atom is -0.386 e. The van der Waals surface area contributed by atoms with Crippen LogP contribution in [0, 0.1) is 5.82 Å². The molecule has 1 amide bonds. The first-order valence-corrected chi connectivity index (χ1v) is 7.75. The Hall–Kier alpha value is -1.43. The van der Waals surface area contributed by atoms with Crippen LogP contribution >= 0.6 is 27.5 Å². The highest BCUT2D eigenvalue weighted by Crippen LogP contribution is 2.28. The van der Waals surface area contributed by atoms with E-state index in [2.05, 4.69) is 21.2 Å². The van der Waals surface area contributed by atoms with E-state index in [4.69, 9.17) is 11.6 Å². The van der Waals surface area contributed by atoms with E-state index in [-0.39, 0.29) is 16.5 Å². The summed E-state index contributed by atoms with van der Waals surface area (Å²) in [6.07, 6.45) is -1.24. The Kier molecular flexibility index (Phi) is 5.56. The van der Waals surface area contributed by atoms with Gasteiger partial charge in [0.2, 0.25) is 0 Å². The number of aliphatic hydroxyl groups is 1. The van der Waals surface area contributed by atoms with E-state index >= 15 is 0 Å². The molecule has 2 rings (SSSR count). The highest BCUT2D eigenvalue weighted by Gasteiger charge is 2.24.